The lowest BCUT2D eigenvalue weighted by atomic mass is 9.95. The van der Waals surface area contributed by atoms with Crippen molar-refractivity contribution in [1.29, 1.82) is 5.26 Å². The summed E-state index contributed by atoms with van der Waals surface area (Å²) in [5, 5.41) is 9.17. The molecule has 1 fully saturated rings. The maximum Gasteiger partial charge on any atom is 0.226 e. The van der Waals surface area contributed by atoms with Crippen LogP contribution < -0.4 is 0 Å². The van der Waals surface area contributed by atoms with Crippen LogP contribution in [-0.2, 0) is 16.1 Å². The zero-order valence-corrected chi connectivity index (χ0v) is 14.3. The Hall–Kier alpha value is -1.97. The molecular formula is C18H24FN3O2. The molecule has 0 spiro atoms. The Labute approximate surface area is 142 Å². The van der Waals surface area contributed by atoms with E-state index in [1.165, 1.54) is 18.2 Å². The molecule has 1 aliphatic heterocycles. The van der Waals surface area contributed by atoms with Gasteiger partial charge < -0.3 is 9.64 Å². The lowest BCUT2D eigenvalue weighted by molar-refractivity contribution is -0.136. The van der Waals surface area contributed by atoms with Crippen molar-refractivity contribution >= 4 is 5.91 Å². The van der Waals surface area contributed by atoms with Gasteiger partial charge in [0.2, 0.25) is 5.91 Å². The van der Waals surface area contributed by atoms with E-state index in [2.05, 4.69) is 11.0 Å². The lowest BCUT2D eigenvalue weighted by Gasteiger charge is -2.34. The highest BCUT2D eigenvalue weighted by Gasteiger charge is 2.28. The average molecular weight is 333 g/mol. The highest BCUT2D eigenvalue weighted by molar-refractivity contribution is 5.78. The molecule has 0 N–H and O–H groups in total. The number of benzene rings is 1. The van der Waals surface area contributed by atoms with Crippen molar-refractivity contribution < 1.29 is 13.9 Å². The second-order valence-corrected chi connectivity index (χ2v) is 6.24. The standard InChI is InChI=1S/C18H24FN3O2/c1-21(8-9-24-2)18(23)15-4-3-7-22(12-15)13-16-10-17(19)6-5-14(16)11-20/h5-6,10,15H,3-4,7-9,12-13H2,1-2H3/t15-/m1/s1. The van der Waals surface area contributed by atoms with Gasteiger partial charge in [0.1, 0.15) is 5.82 Å². The molecule has 24 heavy (non-hydrogen) atoms. The van der Waals surface area contributed by atoms with Crippen molar-refractivity contribution in [2.24, 2.45) is 5.92 Å². The molecule has 6 heteroatoms. The summed E-state index contributed by atoms with van der Waals surface area (Å²) in [6.07, 6.45) is 1.78. The summed E-state index contributed by atoms with van der Waals surface area (Å²) in [6.45, 7) is 3.08. The monoisotopic (exact) mass is 333 g/mol. The van der Waals surface area contributed by atoms with Crippen molar-refractivity contribution in [3.63, 3.8) is 0 Å². The van der Waals surface area contributed by atoms with Crippen LogP contribution in [0, 0.1) is 23.1 Å². The quantitative estimate of drug-likeness (QED) is 0.799. The normalized spacial score (nSPS) is 18.2. The van der Waals surface area contributed by atoms with Gasteiger partial charge >= 0.3 is 0 Å². The second kappa shape index (κ2) is 8.76. The molecule has 1 heterocycles. The van der Waals surface area contributed by atoms with Crippen LogP contribution in [0.1, 0.15) is 24.0 Å². The summed E-state index contributed by atoms with van der Waals surface area (Å²) in [4.78, 5) is 16.4. The van der Waals surface area contributed by atoms with Crippen LogP contribution in [0.15, 0.2) is 18.2 Å². The van der Waals surface area contributed by atoms with E-state index in [-0.39, 0.29) is 17.6 Å². The molecule has 1 aromatic carbocycles. The minimum atomic E-state index is -0.340. The third kappa shape index (κ3) is 4.76. The highest BCUT2D eigenvalue weighted by atomic mass is 19.1. The van der Waals surface area contributed by atoms with Crippen molar-refractivity contribution in [3.8, 4) is 6.07 Å². The molecule has 130 valence electrons. The molecule has 1 aliphatic rings. The first-order valence-corrected chi connectivity index (χ1v) is 8.20. The van der Waals surface area contributed by atoms with Gasteiger partial charge in [-0.2, -0.15) is 5.26 Å². The first-order chi connectivity index (χ1) is 11.5. The maximum absolute atomic E-state index is 13.5. The summed E-state index contributed by atoms with van der Waals surface area (Å²) in [6, 6.07) is 6.33. The average Bonchev–Trinajstić information content (AvgIpc) is 2.59. The van der Waals surface area contributed by atoms with E-state index < -0.39 is 0 Å². The van der Waals surface area contributed by atoms with Gasteiger partial charge in [-0.1, -0.05) is 0 Å². The number of carbonyl (C=O) groups excluding carboxylic acids is 1. The van der Waals surface area contributed by atoms with Crippen molar-refractivity contribution in [1.82, 2.24) is 9.80 Å². The minimum Gasteiger partial charge on any atom is -0.383 e. The fourth-order valence-corrected chi connectivity index (χ4v) is 3.09. The summed E-state index contributed by atoms with van der Waals surface area (Å²) < 4.78 is 18.5. The Bertz CT molecular complexity index is 615. The summed E-state index contributed by atoms with van der Waals surface area (Å²) >= 11 is 0. The zero-order valence-electron chi connectivity index (χ0n) is 14.3. The van der Waals surface area contributed by atoms with Crippen LogP contribution in [0.4, 0.5) is 4.39 Å². The van der Waals surface area contributed by atoms with E-state index in [1.54, 1.807) is 19.1 Å². The fraction of sp³-hybridized carbons (Fsp3) is 0.556. The zero-order chi connectivity index (χ0) is 17.5. The van der Waals surface area contributed by atoms with E-state index in [0.717, 1.165) is 19.4 Å². The van der Waals surface area contributed by atoms with E-state index in [4.69, 9.17) is 4.74 Å². The Morgan fingerprint density at radius 1 is 1.54 bits per heavy atom. The molecule has 1 atom stereocenters. The van der Waals surface area contributed by atoms with Gasteiger partial charge in [0, 0.05) is 33.8 Å². The van der Waals surface area contributed by atoms with Gasteiger partial charge in [0.15, 0.2) is 0 Å². The summed E-state index contributed by atoms with van der Waals surface area (Å²) in [5.41, 5.74) is 1.17. The number of rotatable bonds is 6. The Balaban J connectivity index is 2.00. The van der Waals surface area contributed by atoms with Crippen LogP contribution in [-0.4, -0.2) is 56.1 Å². The number of carbonyl (C=O) groups is 1. The number of amides is 1. The molecule has 0 aliphatic carbocycles. The number of likely N-dealkylation sites (tertiary alicyclic amines) is 1. The van der Waals surface area contributed by atoms with Crippen LogP contribution in [0.3, 0.4) is 0 Å². The molecule has 0 radical (unpaired) electrons. The number of hydrogen-bond acceptors (Lipinski definition) is 4. The van der Waals surface area contributed by atoms with Gasteiger partial charge in [-0.3, -0.25) is 9.69 Å². The second-order valence-electron chi connectivity index (χ2n) is 6.24. The molecule has 0 saturated carbocycles. The van der Waals surface area contributed by atoms with E-state index >= 15 is 0 Å². The molecule has 0 unspecified atom stereocenters. The van der Waals surface area contributed by atoms with Crippen molar-refractivity contribution in [2.45, 2.75) is 19.4 Å². The molecule has 2 rings (SSSR count). The van der Waals surface area contributed by atoms with Gasteiger partial charge in [0.25, 0.3) is 0 Å². The molecule has 0 aromatic heterocycles. The first kappa shape index (κ1) is 18.4. The predicted molar refractivity (Wildman–Crippen MR) is 88.6 cm³/mol. The molecular weight excluding hydrogens is 309 g/mol. The number of methoxy groups -OCH3 is 1. The van der Waals surface area contributed by atoms with Gasteiger partial charge in [-0.05, 0) is 43.1 Å². The molecule has 1 saturated heterocycles. The number of hydrogen-bond donors (Lipinski definition) is 0. The Kier molecular flexibility index (Phi) is 6.71. The number of nitrogens with zero attached hydrogens (tertiary/aromatic N) is 3. The SMILES string of the molecule is COCCN(C)C(=O)[C@@H]1CCCN(Cc2cc(F)ccc2C#N)C1. The van der Waals surface area contributed by atoms with E-state index in [9.17, 15) is 14.4 Å². The van der Waals surface area contributed by atoms with E-state index in [1.807, 2.05) is 0 Å². The van der Waals surface area contributed by atoms with Gasteiger partial charge in [-0.25, -0.2) is 4.39 Å². The van der Waals surface area contributed by atoms with E-state index in [0.29, 0.717) is 37.4 Å². The largest absolute Gasteiger partial charge is 0.383 e. The molecule has 1 amide bonds. The number of piperidine rings is 1. The lowest BCUT2D eigenvalue weighted by Crippen LogP contribution is -2.44. The summed E-state index contributed by atoms with van der Waals surface area (Å²) in [5.74, 6) is -0.274. The number of likely N-dealkylation sites (N-methyl/N-ethyl adjacent to an activating group) is 1. The van der Waals surface area contributed by atoms with Crippen molar-refractivity contribution in [3.05, 3.63) is 35.1 Å². The van der Waals surface area contributed by atoms with Crippen LogP contribution in [0.5, 0.6) is 0 Å². The van der Waals surface area contributed by atoms with Crippen molar-refractivity contribution in [2.75, 3.05) is 40.4 Å². The van der Waals surface area contributed by atoms with Crippen LogP contribution >= 0.6 is 0 Å². The van der Waals surface area contributed by atoms with Gasteiger partial charge in [-0.15, -0.1) is 0 Å². The number of nitriles is 1. The minimum absolute atomic E-state index is 0.0558. The molecule has 5 nitrogen and oxygen atoms in total. The topological polar surface area (TPSA) is 56.6 Å². The molecule has 1 aromatic rings. The third-order valence-electron chi connectivity index (χ3n) is 4.44. The Morgan fingerprint density at radius 2 is 2.33 bits per heavy atom. The molecule has 0 bridgehead atoms. The number of halogens is 1. The Morgan fingerprint density at radius 3 is 3.04 bits per heavy atom. The fourth-order valence-electron chi connectivity index (χ4n) is 3.09. The van der Waals surface area contributed by atoms with Gasteiger partial charge in [0.05, 0.1) is 24.2 Å². The smallest absolute Gasteiger partial charge is 0.226 e. The predicted octanol–water partition coefficient (Wildman–Crippen LogP) is 2.01. The van der Waals surface area contributed by atoms with Crippen LogP contribution in [0.25, 0.3) is 0 Å². The summed E-state index contributed by atoms with van der Waals surface area (Å²) in [7, 11) is 3.41. The highest BCUT2D eigenvalue weighted by Crippen LogP contribution is 2.22. The van der Waals surface area contributed by atoms with Crippen LogP contribution in [0.2, 0.25) is 0 Å². The number of ether oxygens (including phenoxy) is 1. The maximum atomic E-state index is 13.5. The first-order valence-electron chi connectivity index (χ1n) is 8.20. The third-order valence-corrected chi connectivity index (χ3v) is 4.44.